The second-order valence-corrected chi connectivity index (χ2v) is 5.11. The number of hydrogen-bond donors (Lipinski definition) is 1. The van der Waals surface area contributed by atoms with Crippen molar-refractivity contribution in [1.29, 1.82) is 0 Å². The maximum atomic E-state index is 3.54. The molecule has 2 rings (SSSR count). The Morgan fingerprint density at radius 1 is 1.23 bits per heavy atom. The molecular formula is C11H22N2. The summed E-state index contributed by atoms with van der Waals surface area (Å²) < 4.78 is 0. The summed E-state index contributed by atoms with van der Waals surface area (Å²) in [7, 11) is 0. The van der Waals surface area contributed by atoms with Crippen LogP contribution in [0.25, 0.3) is 0 Å². The van der Waals surface area contributed by atoms with Crippen molar-refractivity contribution in [2.75, 3.05) is 13.1 Å². The molecule has 0 aromatic rings. The first-order valence-electron chi connectivity index (χ1n) is 5.68. The molecule has 0 aromatic heterocycles. The molecule has 1 aliphatic heterocycles. The molecular weight excluding hydrogens is 160 g/mol. The molecule has 0 spiro atoms. The van der Waals surface area contributed by atoms with Crippen LogP contribution in [-0.4, -0.2) is 24.1 Å². The Bertz CT molecular complexity index is 175. The van der Waals surface area contributed by atoms with Gasteiger partial charge in [0.25, 0.3) is 0 Å². The third kappa shape index (κ3) is 2.05. The molecule has 0 amide bonds. The van der Waals surface area contributed by atoms with Crippen LogP contribution >= 0.6 is 0 Å². The summed E-state index contributed by atoms with van der Waals surface area (Å²) in [5.74, 6) is 2.56. The molecule has 1 saturated heterocycles. The van der Waals surface area contributed by atoms with Crippen molar-refractivity contribution in [3.05, 3.63) is 0 Å². The minimum atomic E-state index is 0.825. The van der Waals surface area contributed by atoms with Crippen molar-refractivity contribution in [2.24, 2.45) is 17.8 Å². The van der Waals surface area contributed by atoms with Gasteiger partial charge in [0, 0.05) is 19.1 Å². The van der Waals surface area contributed by atoms with Gasteiger partial charge in [0.05, 0.1) is 0 Å². The fourth-order valence-electron chi connectivity index (χ4n) is 2.18. The lowest BCUT2D eigenvalue weighted by Gasteiger charge is -2.22. The van der Waals surface area contributed by atoms with E-state index in [1.807, 2.05) is 0 Å². The maximum absolute atomic E-state index is 3.54. The number of nitrogens with zero attached hydrogens (tertiary/aromatic N) is 1. The zero-order chi connectivity index (χ0) is 9.42. The van der Waals surface area contributed by atoms with Crippen LogP contribution in [-0.2, 0) is 0 Å². The van der Waals surface area contributed by atoms with Gasteiger partial charge in [-0.2, -0.15) is 0 Å². The Labute approximate surface area is 81.7 Å². The van der Waals surface area contributed by atoms with Crippen LogP contribution in [0.5, 0.6) is 0 Å². The Kier molecular flexibility index (Phi) is 2.61. The smallest absolute Gasteiger partial charge is 0.0244 e. The Morgan fingerprint density at radius 3 is 2.46 bits per heavy atom. The molecule has 2 fully saturated rings. The van der Waals surface area contributed by atoms with Gasteiger partial charge in [0.1, 0.15) is 0 Å². The highest BCUT2D eigenvalue weighted by molar-refractivity contribution is 4.88. The molecule has 0 bridgehead atoms. The third-order valence-electron chi connectivity index (χ3n) is 3.77. The molecule has 1 heterocycles. The van der Waals surface area contributed by atoms with Crippen LogP contribution in [0.15, 0.2) is 0 Å². The third-order valence-corrected chi connectivity index (χ3v) is 3.77. The van der Waals surface area contributed by atoms with E-state index in [0.717, 1.165) is 23.8 Å². The van der Waals surface area contributed by atoms with E-state index < -0.39 is 0 Å². The average molecular weight is 182 g/mol. The Balaban J connectivity index is 1.82. The summed E-state index contributed by atoms with van der Waals surface area (Å²) in [5.41, 5.74) is 3.54. The first-order valence-corrected chi connectivity index (χ1v) is 5.68. The molecule has 1 aliphatic carbocycles. The van der Waals surface area contributed by atoms with Crippen molar-refractivity contribution >= 4 is 0 Å². The van der Waals surface area contributed by atoms with E-state index in [9.17, 15) is 0 Å². The van der Waals surface area contributed by atoms with Gasteiger partial charge in [-0.1, -0.05) is 20.8 Å². The summed E-state index contributed by atoms with van der Waals surface area (Å²) in [6, 6.07) is 0.879. The van der Waals surface area contributed by atoms with Gasteiger partial charge in [-0.3, -0.25) is 5.43 Å². The molecule has 76 valence electrons. The number of nitrogens with one attached hydrogen (secondary N) is 1. The largest absolute Gasteiger partial charge is 0.255 e. The molecule has 13 heavy (non-hydrogen) atoms. The number of hydrogen-bond acceptors (Lipinski definition) is 2. The van der Waals surface area contributed by atoms with Crippen molar-refractivity contribution < 1.29 is 0 Å². The summed E-state index contributed by atoms with van der Waals surface area (Å²) in [6.45, 7) is 9.56. The SMILES string of the molecule is CC(C)C(C)C1CNN(C2CC2)C1. The monoisotopic (exact) mass is 182 g/mol. The highest BCUT2D eigenvalue weighted by atomic mass is 15.6. The van der Waals surface area contributed by atoms with Gasteiger partial charge < -0.3 is 0 Å². The van der Waals surface area contributed by atoms with E-state index in [0.29, 0.717) is 0 Å². The van der Waals surface area contributed by atoms with E-state index in [2.05, 4.69) is 31.2 Å². The average Bonchev–Trinajstić information content (AvgIpc) is 2.83. The van der Waals surface area contributed by atoms with Crippen LogP contribution in [0, 0.1) is 17.8 Å². The van der Waals surface area contributed by atoms with Crippen LogP contribution in [0.1, 0.15) is 33.6 Å². The Hall–Kier alpha value is -0.0800. The topological polar surface area (TPSA) is 15.3 Å². The normalized spacial score (nSPS) is 32.8. The lowest BCUT2D eigenvalue weighted by atomic mass is 9.85. The second kappa shape index (κ2) is 3.58. The van der Waals surface area contributed by atoms with E-state index in [4.69, 9.17) is 0 Å². The van der Waals surface area contributed by atoms with Crippen LogP contribution in [0.2, 0.25) is 0 Å². The van der Waals surface area contributed by atoms with E-state index in [1.165, 1.54) is 25.9 Å². The first-order chi connectivity index (χ1) is 6.18. The molecule has 1 N–H and O–H groups in total. The molecule has 1 saturated carbocycles. The number of rotatable bonds is 3. The quantitative estimate of drug-likeness (QED) is 0.717. The minimum Gasteiger partial charge on any atom is -0.255 e. The summed E-state index contributed by atoms with van der Waals surface area (Å²) >= 11 is 0. The molecule has 0 radical (unpaired) electrons. The van der Waals surface area contributed by atoms with Gasteiger partial charge in [-0.05, 0) is 30.6 Å². The number of hydrazine groups is 1. The van der Waals surface area contributed by atoms with Crippen LogP contribution < -0.4 is 5.43 Å². The van der Waals surface area contributed by atoms with Gasteiger partial charge in [0.2, 0.25) is 0 Å². The molecule has 2 aliphatic rings. The van der Waals surface area contributed by atoms with Crippen molar-refractivity contribution in [2.45, 2.75) is 39.7 Å². The molecule has 2 nitrogen and oxygen atoms in total. The minimum absolute atomic E-state index is 0.825. The summed E-state index contributed by atoms with van der Waals surface area (Å²) in [4.78, 5) is 0. The maximum Gasteiger partial charge on any atom is 0.0244 e. The van der Waals surface area contributed by atoms with Crippen LogP contribution in [0.4, 0.5) is 0 Å². The lowest BCUT2D eigenvalue weighted by Crippen LogP contribution is -2.32. The first kappa shape index (κ1) is 9.47. The highest BCUT2D eigenvalue weighted by Gasteiger charge is 2.36. The molecule has 2 heteroatoms. The van der Waals surface area contributed by atoms with Crippen molar-refractivity contribution in [3.63, 3.8) is 0 Å². The van der Waals surface area contributed by atoms with E-state index in [1.54, 1.807) is 0 Å². The van der Waals surface area contributed by atoms with Crippen molar-refractivity contribution in [3.8, 4) is 0 Å². The fourth-order valence-corrected chi connectivity index (χ4v) is 2.18. The fraction of sp³-hybridized carbons (Fsp3) is 1.00. The zero-order valence-corrected chi connectivity index (χ0v) is 9.09. The zero-order valence-electron chi connectivity index (χ0n) is 9.09. The van der Waals surface area contributed by atoms with E-state index in [-0.39, 0.29) is 0 Å². The molecule has 2 atom stereocenters. The molecule has 2 unspecified atom stereocenters. The van der Waals surface area contributed by atoms with Gasteiger partial charge in [-0.15, -0.1) is 0 Å². The predicted octanol–water partition coefficient (Wildman–Crippen LogP) is 1.88. The summed E-state index contributed by atoms with van der Waals surface area (Å²) in [5, 5.41) is 2.48. The van der Waals surface area contributed by atoms with Crippen LogP contribution in [0.3, 0.4) is 0 Å². The predicted molar refractivity (Wildman–Crippen MR) is 55.2 cm³/mol. The van der Waals surface area contributed by atoms with E-state index >= 15 is 0 Å². The second-order valence-electron chi connectivity index (χ2n) is 5.11. The van der Waals surface area contributed by atoms with Gasteiger partial charge in [0.15, 0.2) is 0 Å². The summed E-state index contributed by atoms with van der Waals surface area (Å²) in [6.07, 6.45) is 2.82. The highest BCUT2D eigenvalue weighted by Crippen LogP contribution is 2.31. The van der Waals surface area contributed by atoms with Crippen molar-refractivity contribution in [1.82, 2.24) is 10.4 Å². The van der Waals surface area contributed by atoms with Gasteiger partial charge in [-0.25, -0.2) is 5.01 Å². The van der Waals surface area contributed by atoms with Gasteiger partial charge >= 0.3 is 0 Å². The standard InChI is InChI=1S/C11H22N2/c1-8(2)9(3)10-6-12-13(7-10)11-4-5-11/h8-12H,4-7H2,1-3H3. The Morgan fingerprint density at radius 2 is 1.92 bits per heavy atom. The lowest BCUT2D eigenvalue weighted by molar-refractivity contribution is 0.221. The molecule has 0 aromatic carbocycles.